The van der Waals surface area contributed by atoms with Crippen LogP contribution in [0.1, 0.15) is 42.3 Å². The molecule has 0 aliphatic heterocycles. The number of nitrogens with one attached hydrogen (secondary N) is 2. The van der Waals surface area contributed by atoms with Gasteiger partial charge in [-0.25, -0.2) is 9.78 Å². The number of imidazole rings is 1. The first-order chi connectivity index (χ1) is 15.1. The van der Waals surface area contributed by atoms with Gasteiger partial charge < -0.3 is 24.7 Å². The Morgan fingerprint density at radius 2 is 2.06 bits per heavy atom. The van der Waals surface area contributed by atoms with Crippen molar-refractivity contribution in [3.63, 3.8) is 0 Å². The lowest BCUT2D eigenvalue weighted by molar-refractivity contribution is 0.119. The molecule has 0 bridgehead atoms. The van der Waals surface area contributed by atoms with E-state index in [9.17, 15) is 4.79 Å². The highest BCUT2D eigenvalue weighted by Gasteiger charge is 2.22. The zero-order valence-electron chi connectivity index (χ0n) is 17.9. The molecule has 1 heterocycles. The van der Waals surface area contributed by atoms with E-state index in [-0.39, 0.29) is 12.1 Å². The smallest absolute Gasteiger partial charge is 0.315 e. The fraction of sp³-hybridized carbons (Fsp3) is 0.333. The average Bonchev–Trinajstić information content (AvgIpc) is 3.19. The van der Waals surface area contributed by atoms with E-state index in [1.807, 2.05) is 66.3 Å². The molecule has 3 aromatic rings. The second-order valence-electron chi connectivity index (χ2n) is 7.71. The number of urea groups is 1. The van der Waals surface area contributed by atoms with Crippen LogP contribution in [0.5, 0.6) is 11.5 Å². The second-order valence-corrected chi connectivity index (χ2v) is 7.71. The van der Waals surface area contributed by atoms with Crippen molar-refractivity contribution in [1.82, 2.24) is 20.2 Å². The molecule has 1 fully saturated rings. The normalized spacial score (nSPS) is 14.4. The van der Waals surface area contributed by atoms with Gasteiger partial charge in [0.15, 0.2) is 0 Å². The highest BCUT2D eigenvalue weighted by atomic mass is 16.5. The number of aryl methyl sites for hydroxylation is 1. The number of methoxy groups -OCH3 is 1. The highest BCUT2D eigenvalue weighted by molar-refractivity contribution is 5.75. The molecule has 1 atom stereocenters. The van der Waals surface area contributed by atoms with Crippen LogP contribution >= 0.6 is 0 Å². The topological polar surface area (TPSA) is 77.4 Å². The van der Waals surface area contributed by atoms with Crippen molar-refractivity contribution in [1.29, 1.82) is 0 Å². The van der Waals surface area contributed by atoms with Crippen LogP contribution in [0.15, 0.2) is 60.9 Å². The van der Waals surface area contributed by atoms with Gasteiger partial charge in [-0.1, -0.05) is 30.3 Å². The van der Waals surface area contributed by atoms with Crippen molar-refractivity contribution < 1.29 is 14.3 Å². The van der Waals surface area contributed by atoms with Gasteiger partial charge in [-0.3, -0.25) is 0 Å². The summed E-state index contributed by atoms with van der Waals surface area (Å²) in [7, 11) is 3.53. The SMILES string of the molecule is COc1cccc(C(NC(=O)NCc2ccccc2OC2CCC2)c2nccn2C)c1. The van der Waals surface area contributed by atoms with Crippen LogP contribution in [0.2, 0.25) is 0 Å². The lowest BCUT2D eigenvalue weighted by Crippen LogP contribution is -2.39. The van der Waals surface area contributed by atoms with Crippen LogP contribution in [0, 0.1) is 0 Å². The average molecular weight is 421 g/mol. The minimum atomic E-state index is -0.420. The summed E-state index contributed by atoms with van der Waals surface area (Å²) >= 11 is 0. The standard InChI is InChI=1S/C24H28N4O3/c1-28-14-13-25-23(28)22(17-8-5-11-20(15-17)30-2)27-24(29)26-16-18-7-3-4-12-21(18)31-19-9-6-10-19/h3-5,7-8,11-15,19,22H,6,9-10,16H2,1-2H3,(H2,26,27,29). The van der Waals surface area contributed by atoms with E-state index in [1.54, 1.807) is 13.3 Å². The third-order valence-electron chi connectivity index (χ3n) is 5.58. The van der Waals surface area contributed by atoms with Gasteiger partial charge in [0.1, 0.15) is 23.4 Å². The van der Waals surface area contributed by atoms with Crippen molar-refractivity contribution in [3.05, 3.63) is 77.9 Å². The Bertz CT molecular complexity index is 1030. The number of aromatic nitrogens is 2. The molecule has 1 saturated carbocycles. The van der Waals surface area contributed by atoms with Crippen LogP contribution < -0.4 is 20.1 Å². The van der Waals surface area contributed by atoms with Gasteiger partial charge in [0.25, 0.3) is 0 Å². The number of carbonyl (C=O) groups excluding carboxylic acids is 1. The van der Waals surface area contributed by atoms with Crippen LogP contribution in [-0.4, -0.2) is 28.8 Å². The first-order valence-electron chi connectivity index (χ1n) is 10.5. The second kappa shape index (κ2) is 9.55. The van der Waals surface area contributed by atoms with Gasteiger partial charge >= 0.3 is 6.03 Å². The minimum absolute atomic E-state index is 0.283. The molecule has 162 valence electrons. The molecule has 31 heavy (non-hydrogen) atoms. The molecule has 1 aliphatic rings. The molecule has 2 N–H and O–H groups in total. The molecule has 0 spiro atoms. The first-order valence-corrected chi connectivity index (χ1v) is 10.5. The summed E-state index contributed by atoms with van der Waals surface area (Å²) in [5.74, 6) is 2.29. The summed E-state index contributed by atoms with van der Waals surface area (Å²) in [6, 6.07) is 14.8. The van der Waals surface area contributed by atoms with Gasteiger partial charge in [0.05, 0.1) is 13.2 Å². The molecule has 2 aromatic carbocycles. The number of hydrogen-bond acceptors (Lipinski definition) is 4. The van der Waals surface area contributed by atoms with Crippen molar-refractivity contribution >= 4 is 6.03 Å². The third-order valence-corrected chi connectivity index (χ3v) is 5.58. The summed E-state index contributed by atoms with van der Waals surface area (Å²) in [4.78, 5) is 17.3. The fourth-order valence-electron chi connectivity index (χ4n) is 3.56. The lowest BCUT2D eigenvalue weighted by atomic mass is 9.96. The Labute approximate surface area is 182 Å². The Balaban J connectivity index is 1.46. The summed E-state index contributed by atoms with van der Waals surface area (Å²) in [5.41, 5.74) is 1.84. The van der Waals surface area contributed by atoms with E-state index in [2.05, 4.69) is 15.6 Å². The Morgan fingerprint density at radius 1 is 1.23 bits per heavy atom. The summed E-state index contributed by atoms with van der Waals surface area (Å²) in [6.07, 6.45) is 7.26. The van der Waals surface area contributed by atoms with Crippen molar-refractivity contribution in [2.24, 2.45) is 7.05 Å². The predicted octanol–water partition coefficient (Wildman–Crippen LogP) is 3.95. The largest absolute Gasteiger partial charge is 0.497 e. The molecule has 0 radical (unpaired) electrons. The quantitative estimate of drug-likeness (QED) is 0.579. The molecule has 7 heteroatoms. The van der Waals surface area contributed by atoms with Gasteiger partial charge in [0, 0.05) is 31.5 Å². The minimum Gasteiger partial charge on any atom is -0.497 e. The molecule has 7 nitrogen and oxygen atoms in total. The molecule has 1 aliphatic carbocycles. The van der Waals surface area contributed by atoms with Crippen LogP contribution in [0.4, 0.5) is 4.79 Å². The van der Waals surface area contributed by atoms with E-state index < -0.39 is 6.04 Å². The van der Waals surface area contributed by atoms with Crippen LogP contribution in [0.3, 0.4) is 0 Å². The third kappa shape index (κ3) is 4.99. The lowest BCUT2D eigenvalue weighted by Gasteiger charge is -2.27. The van der Waals surface area contributed by atoms with E-state index in [0.717, 1.165) is 41.3 Å². The Hall–Kier alpha value is -3.48. The molecule has 0 saturated heterocycles. The molecule has 1 unspecified atom stereocenters. The molecule has 2 amide bonds. The van der Waals surface area contributed by atoms with Gasteiger partial charge in [0.2, 0.25) is 0 Å². The monoisotopic (exact) mass is 420 g/mol. The molecular weight excluding hydrogens is 392 g/mol. The van der Waals surface area contributed by atoms with Crippen molar-refractivity contribution in [3.8, 4) is 11.5 Å². The number of carbonyl (C=O) groups is 1. The Morgan fingerprint density at radius 3 is 2.77 bits per heavy atom. The Kier molecular flexibility index (Phi) is 6.40. The number of nitrogens with zero attached hydrogens (tertiary/aromatic N) is 2. The maximum Gasteiger partial charge on any atom is 0.315 e. The van der Waals surface area contributed by atoms with E-state index in [0.29, 0.717) is 6.54 Å². The van der Waals surface area contributed by atoms with E-state index in [1.165, 1.54) is 6.42 Å². The summed E-state index contributed by atoms with van der Waals surface area (Å²) < 4.78 is 13.3. The number of amides is 2. The molecular formula is C24H28N4O3. The number of benzene rings is 2. The van der Waals surface area contributed by atoms with Crippen LogP contribution in [-0.2, 0) is 13.6 Å². The van der Waals surface area contributed by atoms with Gasteiger partial charge in [-0.05, 0) is 43.0 Å². The number of rotatable bonds is 8. The van der Waals surface area contributed by atoms with Gasteiger partial charge in [-0.15, -0.1) is 0 Å². The number of ether oxygens (including phenoxy) is 2. The van der Waals surface area contributed by atoms with E-state index in [4.69, 9.17) is 9.47 Å². The summed E-state index contributed by atoms with van der Waals surface area (Å²) in [6.45, 7) is 0.375. The maximum atomic E-state index is 12.8. The van der Waals surface area contributed by atoms with Crippen molar-refractivity contribution in [2.75, 3.05) is 7.11 Å². The zero-order valence-corrected chi connectivity index (χ0v) is 17.9. The molecule has 1 aromatic heterocycles. The van der Waals surface area contributed by atoms with Crippen molar-refractivity contribution in [2.45, 2.75) is 38.0 Å². The van der Waals surface area contributed by atoms with Gasteiger partial charge in [-0.2, -0.15) is 0 Å². The van der Waals surface area contributed by atoms with E-state index >= 15 is 0 Å². The highest BCUT2D eigenvalue weighted by Crippen LogP contribution is 2.28. The van der Waals surface area contributed by atoms with Crippen LogP contribution in [0.25, 0.3) is 0 Å². The number of para-hydroxylation sites is 1. The zero-order chi connectivity index (χ0) is 21.6. The number of hydrogen-bond donors (Lipinski definition) is 2. The first kappa shape index (κ1) is 20.8. The molecule has 4 rings (SSSR count). The maximum absolute atomic E-state index is 12.8. The summed E-state index contributed by atoms with van der Waals surface area (Å²) in [5, 5.41) is 6.01. The fourth-order valence-corrected chi connectivity index (χ4v) is 3.56. The predicted molar refractivity (Wildman–Crippen MR) is 118 cm³/mol.